The van der Waals surface area contributed by atoms with Gasteiger partial charge < -0.3 is 76.6 Å². The van der Waals surface area contributed by atoms with Crippen LogP contribution in [-0.4, -0.2) is 35.4 Å². The zero-order valence-electron chi connectivity index (χ0n) is 22.1. The summed E-state index contributed by atoms with van der Waals surface area (Å²) < 4.78 is 0. The Hall–Kier alpha value is -6.21. The molecule has 0 aromatic carbocycles. The first-order valence-electron chi connectivity index (χ1n) is 10.4. The van der Waals surface area contributed by atoms with E-state index in [1.807, 2.05) is 73.3 Å². The molecule has 4 aromatic rings. The maximum atomic E-state index is 8.25. The van der Waals surface area contributed by atoms with Gasteiger partial charge in [0.25, 0.3) is 0 Å². The number of aromatic nitrogens is 4. The summed E-state index contributed by atoms with van der Waals surface area (Å²) in [6.07, 6.45) is 14.8. The Labute approximate surface area is 277 Å². The monoisotopic (exact) mass is 763 g/mol. The molecule has 0 aliphatic carbocycles. The molecule has 0 fully saturated rings. The maximum Gasteiger partial charge on any atom is 3.00 e. The molecule has 0 atom stereocenters. The van der Waals surface area contributed by atoms with Crippen LogP contribution in [0.15, 0.2) is 98.1 Å². The number of nitrogens with zero attached hydrogens (tertiary/aromatic N) is 7. The van der Waals surface area contributed by atoms with Crippen LogP contribution in [0.3, 0.4) is 0 Å². The molecule has 0 amide bonds. The average molecular weight is 763 g/mol. The molecule has 2 N–H and O–H groups in total. The fraction of sp³-hybridized carbons (Fsp3) is 0. The zero-order chi connectivity index (χ0) is 34.3. The van der Waals surface area contributed by atoms with E-state index in [4.69, 9.17) is 76.6 Å². The van der Waals surface area contributed by atoms with Gasteiger partial charge in [-0.15, -0.1) is 0 Å². The molecule has 0 radical (unpaired) electrons. The summed E-state index contributed by atoms with van der Waals surface area (Å²) in [6, 6.07) is 16.1. The predicted octanol–water partition coefficient (Wildman–Crippen LogP) is 1.93. The fourth-order valence-electron chi connectivity index (χ4n) is 2.25. The van der Waals surface area contributed by atoms with Gasteiger partial charge in [-0.1, -0.05) is 0 Å². The SMILES string of the molecule is O=[N+]([O-])[O-].O=[N+]([O-])[O-].O=[N+]([O-])[O-].O=[N+]([O-])[O-].O=[N+]([O-])[O-].[La+3].c1cc(-c2cc[nH+]cc2)ccn1.c1cc(-c2cc[nH+]cc2)ccn1. The third kappa shape index (κ3) is 42.4. The normalized spacial score (nSPS) is 7.82. The molecule has 0 unspecified atom stereocenters. The summed E-state index contributed by atoms with van der Waals surface area (Å²) in [5, 5.41) is 73.8. The molecule has 0 aliphatic heterocycles. The molecule has 25 heteroatoms. The van der Waals surface area contributed by atoms with Gasteiger partial charge in [0.05, 0.1) is 25.4 Å². The van der Waals surface area contributed by atoms with Crippen molar-refractivity contribution in [3.8, 4) is 22.3 Å². The molecule has 4 heterocycles. The Balaban J connectivity index is -0.000000237. The van der Waals surface area contributed by atoms with E-state index in [1.165, 1.54) is 22.3 Å². The van der Waals surface area contributed by atoms with Crippen LogP contribution in [0.25, 0.3) is 22.3 Å². The van der Waals surface area contributed by atoms with Gasteiger partial charge in [0.15, 0.2) is 24.8 Å². The number of hydrogen-bond donors (Lipinski definition) is 0. The molecule has 0 saturated heterocycles. The van der Waals surface area contributed by atoms with E-state index >= 15 is 0 Å². The van der Waals surface area contributed by atoms with E-state index in [-0.39, 0.29) is 35.6 Å². The largest absolute Gasteiger partial charge is 3.00 e. The molecule has 4 aromatic heterocycles. The van der Waals surface area contributed by atoms with Crippen LogP contribution in [0.4, 0.5) is 0 Å². The predicted molar refractivity (Wildman–Crippen MR) is 144 cm³/mol. The van der Waals surface area contributed by atoms with Gasteiger partial charge in [-0.2, -0.15) is 0 Å². The summed E-state index contributed by atoms with van der Waals surface area (Å²) in [4.78, 5) is 55.1. The van der Waals surface area contributed by atoms with E-state index < -0.39 is 25.4 Å². The summed E-state index contributed by atoms with van der Waals surface area (Å²) in [5.74, 6) is 0. The molecule has 236 valence electrons. The van der Waals surface area contributed by atoms with Gasteiger partial charge >= 0.3 is 35.6 Å². The molecule has 0 bridgehead atoms. The number of H-pyrrole nitrogens is 2. The second-order valence-electron chi connectivity index (χ2n) is 6.17. The van der Waals surface area contributed by atoms with Crippen LogP contribution in [-0.2, 0) is 0 Å². The van der Waals surface area contributed by atoms with Crippen molar-refractivity contribution in [3.05, 3.63) is 175 Å². The topological polar surface area (TPSA) is 385 Å². The second-order valence-corrected chi connectivity index (χ2v) is 6.17. The van der Waals surface area contributed by atoms with Crippen LogP contribution in [0.5, 0.6) is 0 Å². The maximum absolute atomic E-state index is 8.25. The number of nitrogens with one attached hydrogen (secondary N) is 2. The molecular weight excluding hydrogens is 745 g/mol. The smallest absolute Gasteiger partial charge is 0.356 e. The Morgan fingerprint density at radius 3 is 0.711 bits per heavy atom. The molecule has 24 nitrogen and oxygen atoms in total. The molecule has 45 heavy (non-hydrogen) atoms. The third-order valence-corrected chi connectivity index (χ3v) is 3.46. The van der Waals surface area contributed by atoms with Gasteiger partial charge in [0, 0.05) is 49.1 Å². The Morgan fingerprint density at radius 1 is 0.378 bits per heavy atom. The minimum atomic E-state index is -1.75. The Morgan fingerprint density at radius 2 is 0.533 bits per heavy atom. The van der Waals surface area contributed by atoms with E-state index in [0.29, 0.717) is 0 Å². The minimum absolute atomic E-state index is 0. The fourth-order valence-corrected chi connectivity index (χ4v) is 2.25. The Bertz CT molecular complexity index is 1110. The average Bonchev–Trinajstić information content (AvgIpc) is 2.94. The first kappa shape index (κ1) is 45.8. The zero-order valence-corrected chi connectivity index (χ0v) is 25.7. The first-order chi connectivity index (χ1) is 20.6. The van der Waals surface area contributed by atoms with Gasteiger partial charge in [-0.25, -0.2) is 9.97 Å². The molecule has 4 rings (SSSR count). The number of pyridine rings is 4. The summed E-state index contributed by atoms with van der Waals surface area (Å²) >= 11 is 0. The van der Waals surface area contributed by atoms with Gasteiger partial charge in [-0.05, 0) is 46.5 Å². The van der Waals surface area contributed by atoms with Crippen molar-refractivity contribution in [2.45, 2.75) is 0 Å². The van der Waals surface area contributed by atoms with Crippen molar-refractivity contribution in [1.82, 2.24) is 9.97 Å². The van der Waals surface area contributed by atoms with Gasteiger partial charge in [-0.3, -0.25) is 9.97 Å². The third-order valence-electron chi connectivity index (χ3n) is 3.46. The Kier molecular flexibility index (Phi) is 31.3. The van der Waals surface area contributed by atoms with Crippen LogP contribution in [0.2, 0.25) is 0 Å². The van der Waals surface area contributed by atoms with Crippen LogP contribution >= 0.6 is 0 Å². The number of rotatable bonds is 2. The van der Waals surface area contributed by atoms with Crippen LogP contribution in [0, 0.1) is 112 Å². The van der Waals surface area contributed by atoms with E-state index in [2.05, 4.69) is 19.9 Å². The molecule has 0 saturated carbocycles. The van der Waals surface area contributed by atoms with Crippen molar-refractivity contribution in [2.24, 2.45) is 0 Å². The summed E-state index contributed by atoms with van der Waals surface area (Å²) in [6.45, 7) is 0. The quantitative estimate of drug-likeness (QED) is 0.208. The summed E-state index contributed by atoms with van der Waals surface area (Å²) in [5.41, 5.74) is 4.80. The van der Waals surface area contributed by atoms with E-state index in [0.717, 1.165) is 0 Å². The standard InChI is InChI=1S/2C10H8N2.La.5NO3/c2*1-5-11-6-2-9(1)10-3-7-12-8-4-10;;5*2-1(3)4/h2*1-8H;;;;;;/q;;+3;5*-1/p+2. The van der Waals surface area contributed by atoms with Crippen molar-refractivity contribution in [2.75, 3.05) is 0 Å². The number of aromatic amines is 2. The molecule has 0 aliphatic rings. The van der Waals surface area contributed by atoms with E-state index in [9.17, 15) is 0 Å². The van der Waals surface area contributed by atoms with E-state index in [1.54, 1.807) is 24.8 Å². The van der Waals surface area contributed by atoms with Gasteiger partial charge in [0.2, 0.25) is 0 Å². The van der Waals surface area contributed by atoms with Crippen molar-refractivity contribution < 1.29 is 71.0 Å². The minimum Gasteiger partial charge on any atom is -0.356 e. The van der Waals surface area contributed by atoms with Crippen LogP contribution < -0.4 is 9.97 Å². The molecule has 0 spiro atoms. The van der Waals surface area contributed by atoms with Gasteiger partial charge in [0.1, 0.15) is 0 Å². The molecular formula is C20H18LaN9O15. The number of hydrogen-bond acceptors (Lipinski definition) is 17. The second kappa shape index (κ2) is 30.7. The van der Waals surface area contributed by atoms with Crippen molar-refractivity contribution in [1.29, 1.82) is 0 Å². The van der Waals surface area contributed by atoms with Crippen molar-refractivity contribution in [3.63, 3.8) is 0 Å². The van der Waals surface area contributed by atoms with Crippen LogP contribution in [0.1, 0.15) is 0 Å². The van der Waals surface area contributed by atoms with Crippen molar-refractivity contribution >= 4 is 0 Å². The summed E-state index contributed by atoms with van der Waals surface area (Å²) in [7, 11) is 0. The first-order valence-corrected chi connectivity index (χ1v) is 10.4.